The second-order valence-electron chi connectivity index (χ2n) is 4.64. The van der Waals surface area contributed by atoms with Crippen LogP contribution in [-0.4, -0.2) is 23.7 Å². The number of hydrogen-bond donors (Lipinski definition) is 2. The molecule has 0 saturated heterocycles. The Morgan fingerprint density at radius 3 is 2.94 bits per heavy atom. The molecule has 0 unspecified atom stereocenters. The molecule has 0 radical (unpaired) electrons. The molecule has 4 nitrogen and oxygen atoms in total. The van der Waals surface area contributed by atoms with Gasteiger partial charge in [0.1, 0.15) is 5.75 Å². The highest BCUT2D eigenvalue weighted by molar-refractivity contribution is 5.95. The van der Waals surface area contributed by atoms with Gasteiger partial charge in [0, 0.05) is 12.6 Å². The van der Waals surface area contributed by atoms with Gasteiger partial charge in [-0.05, 0) is 38.3 Å². The van der Waals surface area contributed by atoms with E-state index in [0.29, 0.717) is 12.2 Å². The Morgan fingerprint density at radius 1 is 1.47 bits per heavy atom. The normalized spacial score (nSPS) is 14.6. The number of para-hydroxylation sites is 1. The number of nitrogens with zero attached hydrogens (tertiary/aromatic N) is 1. The van der Waals surface area contributed by atoms with Crippen LogP contribution in [0.5, 0.6) is 5.75 Å². The first-order chi connectivity index (χ1) is 8.09. The summed E-state index contributed by atoms with van der Waals surface area (Å²) in [6, 6.07) is 5.36. The lowest BCUT2D eigenvalue weighted by Crippen LogP contribution is -2.45. The fourth-order valence-electron chi connectivity index (χ4n) is 2.16. The Morgan fingerprint density at radius 2 is 2.24 bits per heavy atom. The molecular formula is C13H18N2O2. The van der Waals surface area contributed by atoms with Gasteiger partial charge >= 0.3 is 6.03 Å². The third-order valence-electron chi connectivity index (χ3n) is 2.85. The molecule has 2 amide bonds. The van der Waals surface area contributed by atoms with Crippen molar-refractivity contribution < 1.29 is 9.90 Å². The third-order valence-corrected chi connectivity index (χ3v) is 2.85. The van der Waals surface area contributed by atoms with Crippen LogP contribution < -0.4 is 10.2 Å². The highest BCUT2D eigenvalue weighted by Crippen LogP contribution is 2.35. The predicted molar refractivity (Wildman–Crippen MR) is 67.4 cm³/mol. The Hall–Kier alpha value is -1.71. The maximum atomic E-state index is 12.0. The summed E-state index contributed by atoms with van der Waals surface area (Å²) < 4.78 is 0. The molecule has 0 fully saturated rings. The number of rotatable bonds is 1. The van der Waals surface area contributed by atoms with E-state index in [9.17, 15) is 9.90 Å². The van der Waals surface area contributed by atoms with Gasteiger partial charge in [-0.25, -0.2) is 4.79 Å². The van der Waals surface area contributed by atoms with Crippen molar-refractivity contribution in [2.45, 2.75) is 32.7 Å². The average Bonchev–Trinajstić information content (AvgIpc) is 2.28. The lowest BCUT2D eigenvalue weighted by Gasteiger charge is -2.30. The number of phenols is 1. The quantitative estimate of drug-likeness (QED) is 0.783. The largest absolute Gasteiger partial charge is 0.506 e. The number of carbonyl (C=O) groups excluding carboxylic acids is 1. The van der Waals surface area contributed by atoms with E-state index < -0.39 is 0 Å². The molecule has 0 aromatic heterocycles. The van der Waals surface area contributed by atoms with Crippen LogP contribution in [0.15, 0.2) is 18.2 Å². The molecule has 0 saturated carbocycles. The molecule has 0 atom stereocenters. The van der Waals surface area contributed by atoms with Crippen molar-refractivity contribution >= 4 is 11.7 Å². The molecule has 2 rings (SSSR count). The summed E-state index contributed by atoms with van der Waals surface area (Å²) in [5.41, 5.74) is 1.70. The highest BCUT2D eigenvalue weighted by atomic mass is 16.3. The molecule has 1 aromatic rings. The molecule has 0 bridgehead atoms. The second-order valence-corrected chi connectivity index (χ2v) is 4.64. The van der Waals surface area contributed by atoms with Crippen molar-refractivity contribution in [2.24, 2.45) is 0 Å². The topological polar surface area (TPSA) is 52.6 Å². The monoisotopic (exact) mass is 234 g/mol. The molecule has 4 heteroatoms. The van der Waals surface area contributed by atoms with E-state index in [1.54, 1.807) is 11.0 Å². The number of urea groups is 1. The van der Waals surface area contributed by atoms with E-state index in [2.05, 4.69) is 5.32 Å². The van der Waals surface area contributed by atoms with Gasteiger partial charge in [0.25, 0.3) is 0 Å². The molecule has 0 aliphatic carbocycles. The van der Waals surface area contributed by atoms with Gasteiger partial charge in [-0.15, -0.1) is 0 Å². The van der Waals surface area contributed by atoms with E-state index in [1.165, 1.54) is 0 Å². The maximum Gasteiger partial charge on any atom is 0.322 e. The summed E-state index contributed by atoms with van der Waals surface area (Å²) in [6.45, 7) is 4.50. The maximum absolute atomic E-state index is 12.0. The van der Waals surface area contributed by atoms with Crippen LogP contribution in [-0.2, 0) is 6.42 Å². The van der Waals surface area contributed by atoms with Crippen LogP contribution in [0.25, 0.3) is 0 Å². The highest BCUT2D eigenvalue weighted by Gasteiger charge is 2.25. The fourth-order valence-corrected chi connectivity index (χ4v) is 2.16. The molecule has 2 N–H and O–H groups in total. The summed E-state index contributed by atoms with van der Waals surface area (Å²) >= 11 is 0. The number of nitrogens with one attached hydrogen (secondary N) is 1. The number of hydrogen-bond acceptors (Lipinski definition) is 2. The Labute approximate surface area is 101 Å². The molecule has 1 aliphatic rings. The van der Waals surface area contributed by atoms with Gasteiger partial charge in [-0.2, -0.15) is 0 Å². The average molecular weight is 234 g/mol. The first-order valence-electron chi connectivity index (χ1n) is 5.98. The van der Waals surface area contributed by atoms with Crippen molar-refractivity contribution in [3.63, 3.8) is 0 Å². The molecule has 0 spiro atoms. The van der Waals surface area contributed by atoms with E-state index in [4.69, 9.17) is 0 Å². The summed E-state index contributed by atoms with van der Waals surface area (Å²) in [7, 11) is 0. The summed E-state index contributed by atoms with van der Waals surface area (Å²) in [5.74, 6) is 0.182. The van der Waals surface area contributed by atoms with Gasteiger partial charge in [0.2, 0.25) is 0 Å². The lowest BCUT2D eigenvalue weighted by molar-refractivity contribution is 0.243. The SMILES string of the molecule is CC(C)NC(=O)N1CCCc2cccc(O)c21. The van der Waals surface area contributed by atoms with Crippen LogP contribution >= 0.6 is 0 Å². The number of fused-ring (bicyclic) bond motifs is 1. The molecule has 1 heterocycles. The minimum atomic E-state index is -0.137. The number of benzene rings is 1. The Bertz CT molecular complexity index is 429. The number of aromatic hydroxyl groups is 1. The zero-order valence-corrected chi connectivity index (χ0v) is 10.2. The smallest absolute Gasteiger partial charge is 0.322 e. The summed E-state index contributed by atoms with van der Waals surface area (Å²) in [5, 5.41) is 12.7. The van der Waals surface area contributed by atoms with Gasteiger partial charge in [-0.3, -0.25) is 4.90 Å². The summed E-state index contributed by atoms with van der Waals surface area (Å²) in [4.78, 5) is 13.7. The minimum absolute atomic E-state index is 0.0960. The summed E-state index contributed by atoms with van der Waals surface area (Å²) in [6.07, 6.45) is 1.84. The van der Waals surface area contributed by atoms with Crippen molar-refractivity contribution in [1.82, 2.24) is 5.32 Å². The number of carbonyl (C=O) groups is 1. The Balaban J connectivity index is 2.31. The van der Waals surface area contributed by atoms with E-state index in [0.717, 1.165) is 18.4 Å². The van der Waals surface area contributed by atoms with Crippen molar-refractivity contribution in [3.05, 3.63) is 23.8 Å². The fraction of sp³-hybridized carbons (Fsp3) is 0.462. The van der Waals surface area contributed by atoms with Gasteiger partial charge < -0.3 is 10.4 Å². The van der Waals surface area contributed by atoms with E-state index >= 15 is 0 Å². The van der Waals surface area contributed by atoms with Crippen LogP contribution in [0.2, 0.25) is 0 Å². The molecular weight excluding hydrogens is 216 g/mol. The first-order valence-corrected chi connectivity index (χ1v) is 5.98. The van der Waals surface area contributed by atoms with E-state index in [1.807, 2.05) is 26.0 Å². The van der Waals surface area contributed by atoms with Crippen LogP contribution in [0.3, 0.4) is 0 Å². The predicted octanol–water partition coefficient (Wildman–Crippen LogP) is 2.26. The van der Waals surface area contributed by atoms with Crippen molar-refractivity contribution in [3.8, 4) is 5.75 Å². The third kappa shape index (κ3) is 2.35. The van der Waals surface area contributed by atoms with Gasteiger partial charge in [0.05, 0.1) is 5.69 Å². The molecule has 1 aromatic carbocycles. The minimum Gasteiger partial charge on any atom is -0.506 e. The zero-order valence-electron chi connectivity index (χ0n) is 10.2. The van der Waals surface area contributed by atoms with E-state index in [-0.39, 0.29) is 17.8 Å². The first kappa shape index (κ1) is 11.8. The number of anilines is 1. The number of phenolic OH excluding ortho intramolecular Hbond substituents is 1. The molecule has 92 valence electrons. The second kappa shape index (κ2) is 4.65. The molecule has 17 heavy (non-hydrogen) atoms. The van der Waals surface area contributed by atoms with Gasteiger partial charge in [-0.1, -0.05) is 12.1 Å². The van der Waals surface area contributed by atoms with Crippen molar-refractivity contribution in [1.29, 1.82) is 0 Å². The van der Waals surface area contributed by atoms with Crippen LogP contribution in [0.1, 0.15) is 25.8 Å². The molecule has 1 aliphatic heterocycles. The lowest BCUT2D eigenvalue weighted by atomic mass is 10.0. The zero-order chi connectivity index (χ0) is 12.4. The van der Waals surface area contributed by atoms with Crippen LogP contribution in [0.4, 0.5) is 10.5 Å². The van der Waals surface area contributed by atoms with Gasteiger partial charge in [0.15, 0.2) is 0 Å². The number of amides is 2. The Kier molecular flexibility index (Phi) is 3.22. The standard InChI is InChI=1S/C13H18N2O2/c1-9(2)14-13(17)15-8-4-6-10-5-3-7-11(16)12(10)15/h3,5,7,9,16H,4,6,8H2,1-2H3,(H,14,17). The van der Waals surface area contributed by atoms with Crippen LogP contribution in [0, 0.1) is 0 Å². The number of aryl methyl sites for hydroxylation is 1. The van der Waals surface area contributed by atoms with Crippen molar-refractivity contribution in [2.75, 3.05) is 11.4 Å².